The fourth-order valence-electron chi connectivity index (χ4n) is 1.90. The number of nitrogens with zero attached hydrogens (tertiary/aromatic N) is 1. The van der Waals surface area contributed by atoms with Crippen molar-refractivity contribution < 1.29 is 13.2 Å². The van der Waals surface area contributed by atoms with Crippen LogP contribution in [-0.2, 0) is 23.6 Å². The van der Waals surface area contributed by atoms with E-state index in [2.05, 4.69) is 4.72 Å². The quantitative estimate of drug-likeness (QED) is 0.890. The molecule has 1 aromatic heterocycles. The first-order chi connectivity index (χ1) is 9.87. The van der Waals surface area contributed by atoms with E-state index in [0.29, 0.717) is 5.75 Å². The Hall–Kier alpha value is -1.79. The zero-order valence-electron chi connectivity index (χ0n) is 12.4. The number of hydrogen-bond donors (Lipinski definition) is 1. The van der Waals surface area contributed by atoms with E-state index < -0.39 is 10.0 Å². The predicted octanol–water partition coefficient (Wildman–Crippen LogP) is 2.29. The number of aryl methyl sites for hydroxylation is 1. The SMILES string of the molecule is CC(C)Oc1ccc(S(=O)(=O)NCc2ccn(C)c2)cc1. The third kappa shape index (κ3) is 4.34. The van der Waals surface area contributed by atoms with Gasteiger partial charge in [0, 0.05) is 26.0 Å². The lowest BCUT2D eigenvalue weighted by molar-refractivity contribution is 0.242. The Morgan fingerprint density at radius 3 is 2.38 bits per heavy atom. The fourth-order valence-corrected chi connectivity index (χ4v) is 2.91. The van der Waals surface area contributed by atoms with E-state index in [0.717, 1.165) is 5.56 Å². The van der Waals surface area contributed by atoms with Crippen LogP contribution in [0.5, 0.6) is 5.75 Å². The monoisotopic (exact) mass is 308 g/mol. The topological polar surface area (TPSA) is 60.3 Å². The molecule has 0 aliphatic heterocycles. The van der Waals surface area contributed by atoms with Crippen LogP contribution in [0.1, 0.15) is 19.4 Å². The molecule has 0 atom stereocenters. The number of aromatic nitrogens is 1. The van der Waals surface area contributed by atoms with Crippen LogP contribution in [0.25, 0.3) is 0 Å². The van der Waals surface area contributed by atoms with Crippen molar-refractivity contribution in [3.05, 3.63) is 48.3 Å². The smallest absolute Gasteiger partial charge is 0.240 e. The van der Waals surface area contributed by atoms with Crippen molar-refractivity contribution in [1.82, 2.24) is 9.29 Å². The Bertz CT molecular complexity index is 688. The van der Waals surface area contributed by atoms with Crippen molar-refractivity contribution in [3.63, 3.8) is 0 Å². The summed E-state index contributed by atoms with van der Waals surface area (Å²) in [4.78, 5) is 0.231. The highest BCUT2D eigenvalue weighted by Gasteiger charge is 2.14. The lowest BCUT2D eigenvalue weighted by Gasteiger charge is -2.10. The second-order valence-corrected chi connectivity index (χ2v) is 6.91. The summed E-state index contributed by atoms with van der Waals surface area (Å²) in [7, 11) is -1.61. The molecule has 21 heavy (non-hydrogen) atoms. The summed E-state index contributed by atoms with van der Waals surface area (Å²) >= 11 is 0. The van der Waals surface area contributed by atoms with Gasteiger partial charge in [-0.05, 0) is 49.7 Å². The molecule has 0 radical (unpaired) electrons. The minimum absolute atomic E-state index is 0.0589. The zero-order valence-corrected chi connectivity index (χ0v) is 13.2. The van der Waals surface area contributed by atoms with Gasteiger partial charge in [-0.2, -0.15) is 0 Å². The molecule has 0 aliphatic carbocycles. The van der Waals surface area contributed by atoms with E-state index in [-0.39, 0.29) is 17.5 Å². The van der Waals surface area contributed by atoms with E-state index in [9.17, 15) is 8.42 Å². The maximum absolute atomic E-state index is 12.2. The Kier molecular flexibility index (Phi) is 4.69. The second kappa shape index (κ2) is 6.32. The van der Waals surface area contributed by atoms with Crippen LogP contribution in [0.4, 0.5) is 0 Å². The van der Waals surface area contributed by atoms with Crippen molar-refractivity contribution in [1.29, 1.82) is 0 Å². The molecule has 1 heterocycles. The number of benzene rings is 1. The summed E-state index contributed by atoms with van der Waals surface area (Å²) in [6.07, 6.45) is 3.81. The summed E-state index contributed by atoms with van der Waals surface area (Å²) in [5.41, 5.74) is 0.917. The number of ether oxygens (including phenoxy) is 1. The molecule has 0 saturated carbocycles. The molecule has 0 amide bonds. The van der Waals surface area contributed by atoms with Gasteiger partial charge in [0.1, 0.15) is 5.75 Å². The molecule has 0 aliphatic rings. The van der Waals surface area contributed by atoms with Gasteiger partial charge >= 0.3 is 0 Å². The van der Waals surface area contributed by atoms with Crippen LogP contribution in [0, 0.1) is 0 Å². The Morgan fingerprint density at radius 2 is 1.86 bits per heavy atom. The highest BCUT2D eigenvalue weighted by Crippen LogP contribution is 2.17. The largest absolute Gasteiger partial charge is 0.491 e. The molecular formula is C15H20N2O3S. The lowest BCUT2D eigenvalue weighted by Crippen LogP contribution is -2.23. The molecule has 5 nitrogen and oxygen atoms in total. The van der Waals surface area contributed by atoms with Crippen molar-refractivity contribution in [2.24, 2.45) is 7.05 Å². The summed E-state index contributed by atoms with van der Waals surface area (Å²) in [5.74, 6) is 0.659. The third-order valence-corrected chi connectivity index (χ3v) is 4.28. The third-order valence-electron chi connectivity index (χ3n) is 2.87. The molecule has 0 unspecified atom stereocenters. The molecule has 6 heteroatoms. The van der Waals surface area contributed by atoms with Crippen LogP contribution in [0.3, 0.4) is 0 Å². The average molecular weight is 308 g/mol. The van der Waals surface area contributed by atoms with Gasteiger partial charge in [-0.3, -0.25) is 0 Å². The van der Waals surface area contributed by atoms with Crippen LogP contribution in [0.2, 0.25) is 0 Å². The van der Waals surface area contributed by atoms with E-state index in [4.69, 9.17) is 4.74 Å². The maximum atomic E-state index is 12.2. The molecule has 0 fully saturated rings. The number of nitrogens with one attached hydrogen (secondary N) is 1. The molecule has 2 aromatic rings. The molecule has 114 valence electrons. The Morgan fingerprint density at radius 1 is 1.19 bits per heavy atom. The van der Waals surface area contributed by atoms with Gasteiger partial charge in [0.15, 0.2) is 0 Å². The second-order valence-electron chi connectivity index (χ2n) is 5.15. The molecular weight excluding hydrogens is 288 g/mol. The molecule has 0 saturated heterocycles. The van der Waals surface area contributed by atoms with Gasteiger partial charge in [-0.15, -0.1) is 0 Å². The lowest BCUT2D eigenvalue weighted by atomic mass is 10.3. The minimum Gasteiger partial charge on any atom is -0.491 e. The van der Waals surface area contributed by atoms with Gasteiger partial charge in [0.05, 0.1) is 11.0 Å². The standard InChI is InChI=1S/C15H20N2O3S/c1-12(2)20-14-4-6-15(7-5-14)21(18,19)16-10-13-8-9-17(3)11-13/h4-9,11-12,16H,10H2,1-3H3. The number of hydrogen-bond acceptors (Lipinski definition) is 3. The predicted molar refractivity (Wildman–Crippen MR) is 81.6 cm³/mol. The number of rotatable bonds is 6. The zero-order chi connectivity index (χ0) is 15.5. The molecule has 0 bridgehead atoms. The molecule has 2 rings (SSSR count). The maximum Gasteiger partial charge on any atom is 0.240 e. The summed E-state index contributed by atoms with van der Waals surface area (Å²) in [6.45, 7) is 4.12. The molecule has 1 N–H and O–H groups in total. The highest BCUT2D eigenvalue weighted by atomic mass is 32.2. The van der Waals surface area contributed by atoms with Crippen molar-refractivity contribution >= 4 is 10.0 Å². The van der Waals surface area contributed by atoms with Crippen LogP contribution >= 0.6 is 0 Å². The fraction of sp³-hybridized carbons (Fsp3) is 0.333. The molecule has 1 aromatic carbocycles. The number of sulfonamides is 1. The normalized spacial score (nSPS) is 11.8. The van der Waals surface area contributed by atoms with Gasteiger partial charge in [-0.1, -0.05) is 0 Å². The average Bonchev–Trinajstić information content (AvgIpc) is 2.82. The first-order valence-corrected chi connectivity index (χ1v) is 8.22. The van der Waals surface area contributed by atoms with Crippen LogP contribution in [-0.4, -0.2) is 19.1 Å². The molecule has 0 spiro atoms. The first-order valence-electron chi connectivity index (χ1n) is 6.74. The van der Waals surface area contributed by atoms with Gasteiger partial charge in [0.2, 0.25) is 10.0 Å². The highest BCUT2D eigenvalue weighted by molar-refractivity contribution is 7.89. The van der Waals surface area contributed by atoms with Crippen molar-refractivity contribution in [2.75, 3.05) is 0 Å². The van der Waals surface area contributed by atoms with Crippen molar-refractivity contribution in [2.45, 2.75) is 31.4 Å². The van der Waals surface area contributed by atoms with Gasteiger partial charge < -0.3 is 9.30 Å². The Balaban J connectivity index is 2.05. The summed E-state index contributed by atoms with van der Waals surface area (Å²) in [6, 6.07) is 8.30. The van der Waals surface area contributed by atoms with E-state index in [1.807, 2.05) is 43.9 Å². The van der Waals surface area contributed by atoms with Gasteiger partial charge in [0.25, 0.3) is 0 Å². The van der Waals surface area contributed by atoms with Crippen LogP contribution < -0.4 is 9.46 Å². The van der Waals surface area contributed by atoms with E-state index >= 15 is 0 Å². The summed E-state index contributed by atoms with van der Waals surface area (Å²) < 4.78 is 34.3. The summed E-state index contributed by atoms with van der Waals surface area (Å²) in [5, 5.41) is 0. The van der Waals surface area contributed by atoms with Gasteiger partial charge in [-0.25, -0.2) is 13.1 Å². The van der Waals surface area contributed by atoms with Crippen LogP contribution in [0.15, 0.2) is 47.6 Å². The van der Waals surface area contributed by atoms with E-state index in [1.54, 1.807) is 24.3 Å². The van der Waals surface area contributed by atoms with E-state index in [1.165, 1.54) is 0 Å². The van der Waals surface area contributed by atoms with Crippen molar-refractivity contribution in [3.8, 4) is 5.75 Å². The minimum atomic E-state index is -3.51. The first kappa shape index (κ1) is 15.6. The Labute approximate surface area is 125 Å².